The van der Waals surface area contributed by atoms with Crippen LogP contribution in [0.25, 0.3) is 0 Å². The fourth-order valence-corrected chi connectivity index (χ4v) is 3.92. The van der Waals surface area contributed by atoms with Crippen molar-refractivity contribution in [2.24, 2.45) is 5.92 Å². The van der Waals surface area contributed by atoms with Gasteiger partial charge in [0.15, 0.2) is 0 Å². The van der Waals surface area contributed by atoms with Crippen molar-refractivity contribution in [1.82, 2.24) is 4.31 Å². The highest BCUT2D eigenvalue weighted by molar-refractivity contribution is 7.89. The lowest BCUT2D eigenvalue weighted by atomic mass is 10.1. The number of halogens is 1. The maximum atomic E-state index is 13.1. The molecule has 1 N–H and O–H groups in total. The van der Waals surface area contributed by atoms with E-state index in [9.17, 15) is 12.8 Å². The minimum Gasteiger partial charge on any atom is -0.457 e. The fraction of sp³-hybridized carbons (Fsp3) is 0.250. The smallest absolute Gasteiger partial charge is 0.243 e. The zero-order valence-electron chi connectivity index (χ0n) is 12.2. The third kappa shape index (κ3) is 3.36. The van der Waals surface area contributed by atoms with E-state index in [1.807, 2.05) is 0 Å². The molecule has 1 aliphatic heterocycles. The molecule has 2 aromatic carbocycles. The number of hydrogen-bond donors (Lipinski definition) is 1. The van der Waals surface area contributed by atoms with Crippen LogP contribution in [0.5, 0.6) is 11.5 Å². The molecule has 7 heteroatoms. The second-order valence-electron chi connectivity index (χ2n) is 5.40. The summed E-state index contributed by atoms with van der Waals surface area (Å²) in [6.07, 6.45) is 0. The van der Waals surface area contributed by atoms with E-state index in [0.29, 0.717) is 24.6 Å². The van der Waals surface area contributed by atoms with E-state index in [0.717, 1.165) is 0 Å². The van der Waals surface area contributed by atoms with Gasteiger partial charge in [-0.2, -0.15) is 4.31 Å². The topological polar surface area (TPSA) is 66.8 Å². The normalized spacial score (nSPS) is 16.1. The van der Waals surface area contributed by atoms with Gasteiger partial charge in [-0.3, -0.25) is 0 Å². The van der Waals surface area contributed by atoms with Gasteiger partial charge < -0.3 is 9.84 Å². The van der Waals surface area contributed by atoms with Gasteiger partial charge in [0.2, 0.25) is 10.0 Å². The summed E-state index contributed by atoms with van der Waals surface area (Å²) >= 11 is 0. The van der Waals surface area contributed by atoms with Crippen molar-refractivity contribution in [2.75, 3.05) is 19.7 Å². The average molecular weight is 337 g/mol. The summed E-state index contributed by atoms with van der Waals surface area (Å²) in [7, 11) is -3.53. The molecule has 1 fully saturated rings. The summed E-state index contributed by atoms with van der Waals surface area (Å²) in [5.74, 6) is 0.374. The first-order chi connectivity index (χ1) is 11.0. The van der Waals surface area contributed by atoms with Crippen LogP contribution in [0.4, 0.5) is 4.39 Å². The number of aliphatic hydroxyl groups is 1. The highest BCUT2D eigenvalue weighted by Gasteiger charge is 2.36. The van der Waals surface area contributed by atoms with E-state index >= 15 is 0 Å². The van der Waals surface area contributed by atoms with Crippen LogP contribution in [0.15, 0.2) is 53.4 Å². The van der Waals surface area contributed by atoms with Gasteiger partial charge in [-0.05, 0) is 36.4 Å². The Balaban J connectivity index is 1.72. The van der Waals surface area contributed by atoms with Crippen LogP contribution in [-0.4, -0.2) is 37.5 Å². The Bertz CT molecular complexity index is 786. The number of aliphatic hydroxyl groups excluding tert-OH is 1. The molecule has 0 aliphatic carbocycles. The maximum absolute atomic E-state index is 13.1. The Morgan fingerprint density at radius 2 is 1.83 bits per heavy atom. The zero-order chi connectivity index (χ0) is 16.4. The molecule has 0 unspecified atom stereocenters. The fourth-order valence-electron chi connectivity index (χ4n) is 2.33. The molecule has 23 heavy (non-hydrogen) atoms. The second kappa shape index (κ2) is 6.27. The molecule has 0 bridgehead atoms. The minimum atomic E-state index is -3.53. The van der Waals surface area contributed by atoms with Crippen molar-refractivity contribution in [3.8, 4) is 11.5 Å². The third-order valence-electron chi connectivity index (χ3n) is 3.68. The van der Waals surface area contributed by atoms with Gasteiger partial charge >= 0.3 is 0 Å². The minimum absolute atomic E-state index is 0.00751. The van der Waals surface area contributed by atoms with Crippen LogP contribution in [0.3, 0.4) is 0 Å². The maximum Gasteiger partial charge on any atom is 0.243 e. The molecular formula is C16H16FNO4S. The molecule has 0 radical (unpaired) electrons. The lowest BCUT2D eigenvalue weighted by Gasteiger charge is -2.36. The molecule has 2 aromatic rings. The van der Waals surface area contributed by atoms with Crippen LogP contribution in [0.2, 0.25) is 0 Å². The second-order valence-corrected chi connectivity index (χ2v) is 7.34. The van der Waals surface area contributed by atoms with Crippen molar-refractivity contribution in [3.63, 3.8) is 0 Å². The van der Waals surface area contributed by atoms with Gasteiger partial charge in [0.25, 0.3) is 0 Å². The van der Waals surface area contributed by atoms with Crippen LogP contribution in [0.1, 0.15) is 0 Å². The Morgan fingerprint density at radius 3 is 2.43 bits per heavy atom. The van der Waals surface area contributed by atoms with Gasteiger partial charge in [0.1, 0.15) is 17.3 Å². The molecule has 0 saturated carbocycles. The molecule has 0 atom stereocenters. The molecule has 0 amide bonds. The van der Waals surface area contributed by atoms with E-state index in [2.05, 4.69) is 0 Å². The number of rotatable bonds is 5. The molecule has 5 nitrogen and oxygen atoms in total. The molecule has 3 rings (SSSR count). The molecule has 122 valence electrons. The lowest BCUT2D eigenvalue weighted by Crippen LogP contribution is -2.51. The summed E-state index contributed by atoms with van der Waals surface area (Å²) in [4.78, 5) is 0.167. The molecule has 1 heterocycles. The first-order valence-electron chi connectivity index (χ1n) is 7.13. The Kier molecular flexibility index (Phi) is 4.34. The Hall–Kier alpha value is -1.96. The molecule has 0 aromatic heterocycles. The van der Waals surface area contributed by atoms with Crippen LogP contribution < -0.4 is 4.74 Å². The zero-order valence-corrected chi connectivity index (χ0v) is 13.0. The van der Waals surface area contributed by atoms with Gasteiger partial charge in [0, 0.05) is 31.7 Å². The van der Waals surface area contributed by atoms with Gasteiger partial charge in [-0.15, -0.1) is 0 Å². The Morgan fingerprint density at radius 1 is 1.13 bits per heavy atom. The van der Waals surface area contributed by atoms with E-state index < -0.39 is 15.8 Å². The molecule has 0 spiro atoms. The van der Waals surface area contributed by atoms with Crippen molar-refractivity contribution in [3.05, 3.63) is 54.3 Å². The van der Waals surface area contributed by atoms with Crippen molar-refractivity contribution in [1.29, 1.82) is 0 Å². The summed E-state index contributed by atoms with van der Waals surface area (Å²) in [5.41, 5.74) is 0. The van der Waals surface area contributed by atoms with Crippen molar-refractivity contribution >= 4 is 10.0 Å². The summed E-state index contributed by atoms with van der Waals surface area (Å²) in [6.45, 7) is 0.660. The Labute approximate surface area is 134 Å². The third-order valence-corrected chi connectivity index (χ3v) is 5.52. The molecule has 1 saturated heterocycles. The molecular weight excluding hydrogens is 321 g/mol. The van der Waals surface area contributed by atoms with Crippen LogP contribution in [-0.2, 0) is 10.0 Å². The average Bonchev–Trinajstić information content (AvgIpc) is 2.46. The van der Waals surface area contributed by atoms with E-state index in [1.165, 1.54) is 46.8 Å². The first kappa shape index (κ1) is 15.9. The standard InChI is InChI=1S/C16H16FNO4S/c17-13-2-1-3-15(8-13)22-14-4-6-16(7-5-14)23(20,21)18-9-12(10-18)11-19/h1-8,12,19H,9-11H2. The number of ether oxygens (including phenoxy) is 1. The largest absolute Gasteiger partial charge is 0.457 e. The summed E-state index contributed by atoms with van der Waals surface area (Å²) < 4.78 is 44.6. The number of nitrogens with zero attached hydrogens (tertiary/aromatic N) is 1. The van der Waals surface area contributed by atoms with E-state index in [-0.39, 0.29) is 17.4 Å². The first-order valence-corrected chi connectivity index (χ1v) is 8.57. The highest BCUT2D eigenvalue weighted by atomic mass is 32.2. The van der Waals surface area contributed by atoms with Gasteiger partial charge in [0.05, 0.1) is 4.90 Å². The van der Waals surface area contributed by atoms with E-state index in [1.54, 1.807) is 6.07 Å². The van der Waals surface area contributed by atoms with Gasteiger partial charge in [-0.1, -0.05) is 6.07 Å². The van der Waals surface area contributed by atoms with Gasteiger partial charge in [-0.25, -0.2) is 12.8 Å². The van der Waals surface area contributed by atoms with E-state index in [4.69, 9.17) is 9.84 Å². The SMILES string of the molecule is O=S(=O)(c1ccc(Oc2cccc(F)c2)cc1)N1CC(CO)C1. The summed E-state index contributed by atoms with van der Waals surface area (Å²) in [6, 6.07) is 11.7. The highest BCUT2D eigenvalue weighted by Crippen LogP contribution is 2.27. The monoisotopic (exact) mass is 337 g/mol. The predicted octanol–water partition coefficient (Wildman–Crippen LogP) is 2.23. The van der Waals surface area contributed by atoms with Crippen LogP contribution >= 0.6 is 0 Å². The van der Waals surface area contributed by atoms with Crippen molar-refractivity contribution in [2.45, 2.75) is 4.90 Å². The van der Waals surface area contributed by atoms with Crippen molar-refractivity contribution < 1.29 is 22.7 Å². The lowest BCUT2D eigenvalue weighted by molar-refractivity contribution is 0.117. The molecule has 1 aliphatic rings. The number of hydrogen-bond acceptors (Lipinski definition) is 4. The quantitative estimate of drug-likeness (QED) is 0.909. The predicted molar refractivity (Wildman–Crippen MR) is 82.3 cm³/mol. The summed E-state index contributed by atoms with van der Waals surface area (Å²) in [5, 5.41) is 8.97. The van der Waals surface area contributed by atoms with Crippen LogP contribution in [0, 0.1) is 11.7 Å². The number of benzene rings is 2. The number of sulfonamides is 1.